The van der Waals surface area contributed by atoms with E-state index in [0.29, 0.717) is 23.4 Å². The topological polar surface area (TPSA) is 51.8 Å². The van der Waals surface area contributed by atoms with Gasteiger partial charge in [-0.3, -0.25) is 0 Å². The zero-order valence-electron chi connectivity index (χ0n) is 25.5. The van der Waals surface area contributed by atoms with Gasteiger partial charge in [0.05, 0.1) is 0 Å². The average Bonchev–Trinajstić information content (AvgIpc) is 3.54. The van der Waals surface area contributed by atoms with Crippen molar-refractivity contribution in [3.05, 3.63) is 163 Å². The summed E-state index contributed by atoms with van der Waals surface area (Å²) in [6.07, 6.45) is 9.77. The highest BCUT2D eigenvalue weighted by molar-refractivity contribution is 6.15. The van der Waals surface area contributed by atoms with E-state index in [2.05, 4.69) is 115 Å². The molecule has 1 unspecified atom stereocenters. The van der Waals surface area contributed by atoms with Crippen LogP contribution in [0.5, 0.6) is 0 Å². The number of aromatic nitrogens is 3. The number of furan rings is 1. The minimum atomic E-state index is 0.383. The van der Waals surface area contributed by atoms with Gasteiger partial charge in [-0.2, -0.15) is 0 Å². The fraction of sp³-hybridized carbons (Fsp3) is 0.0465. The van der Waals surface area contributed by atoms with E-state index in [4.69, 9.17) is 19.4 Å². The van der Waals surface area contributed by atoms with E-state index < -0.39 is 0 Å². The van der Waals surface area contributed by atoms with Crippen LogP contribution in [0.3, 0.4) is 0 Å². The van der Waals surface area contributed by atoms with Gasteiger partial charge < -0.3 is 4.42 Å². The van der Waals surface area contributed by atoms with Crippen LogP contribution in [0.2, 0.25) is 0 Å². The van der Waals surface area contributed by atoms with E-state index in [0.717, 1.165) is 66.9 Å². The quantitative estimate of drug-likeness (QED) is 0.196. The number of fused-ring (bicyclic) bond motifs is 4. The van der Waals surface area contributed by atoms with Crippen LogP contribution in [0.25, 0.3) is 78.0 Å². The Bertz CT molecular complexity index is 2490. The molecular weight excluding hydrogens is 574 g/mol. The van der Waals surface area contributed by atoms with E-state index >= 15 is 0 Å². The Kier molecular flexibility index (Phi) is 6.57. The van der Waals surface area contributed by atoms with Crippen LogP contribution in [-0.2, 0) is 0 Å². The van der Waals surface area contributed by atoms with Gasteiger partial charge in [0.15, 0.2) is 17.5 Å². The SMILES string of the molecule is C1=CCC(c2ccc(-c3ccc4oc5ccccc5c4c3-c3nc(-c4ccccc4)nc(-c4cccc5ccccc45)n3)cc2)C=C1. The fourth-order valence-electron chi connectivity index (χ4n) is 6.77. The van der Waals surface area contributed by atoms with E-state index in [1.54, 1.807) is 0 Å². The molecule has 2 aromatic heterocycles. The van der Waals surface area contributed by atoms with Gasteiger partial charge in [0.2, 0.25) is 0 Å². The summed E-state index contributed by atoms with van der Waals surface area (Å²) >= 11 is 0. The molecule has 0 spiro atoms. The highest BCUT2D eigenvalue weighted by Gasteiger charge is 2.22. The minimum absolute atomic E-state index is 0.383. The van der Waals surface area contributed by atoms with Crippen molar-refractivity contribution in [2.24, 2.45) is 0 Å². The molecule has 4 heteroatoms. The standard InChI is InChI=1S/C43H29N3O/c1-3-12-28(13-4-1)29-22-24-31(25-23-29)34-26-27-38-39(36-19-9-10-21-37(36)47-38)40(34)43-45-41(32-15-5-2-6-16-32)44-42(46-43)35-20-11-17-30-14-7-8-18-33(30)35/h1-12,14-28H,13H2. The lowest BCUT2D eigenvalue weighted by Crippen LogP contribution is -2.02. The average molecular weight is 604 g/mol. The van der Waals surface area contributed by atoms with Crippen molar-refractivity contribution in [1.29, 1.82) is 0 Å². The van der Waals surface area contributed by atoms with Crippen molar-refractivity contribution < 1.29 is 4.42 Å². The zero-order chi connectivity index (χ0) is 31.2. The molecule has 0 saturated heterocycles. The van der Waals surface area contributed by atoms with Gasteiger partial charge in [0, 0.05) is 33.4 Å². The Morgan fingerprint density at radius 1 is 0.511 bits per heavy atom. The second-order valence-electron chi connectivity index (χ2n) is 11.9. The highest BCUT2D eigenvalue weighted by Crippen LogP contribution is 2.43. The second kappa shape index (κ2) is 11.3. The fourth-order valence-corrected chi connectivity index (χ4v) is 6.77. The predicted molar refractivity (Wildman–Crippen MR) is 192 cm³/mol. The smallest absolute Gasteiger partial charge is 0.165 e. The summed E-state index contributed by atoms with van der Waals surface area (Å²) in [6.45, 7) is 0. The monoisotopic (exact) mass is 603 g/mol. The zero-order valence-corrected chi connectivity index (χ0v) is 25.5. The van der Waals surface area contributed by atoms with Gasteiger partial charge in [-0.05, 0) is 52.1 Å². The van der Waals surface area contributed by atoms with Crippen LogP contribution in [0.1, 0.15) is 17.9 Å². The number of benzene rings is 6. The molecule has 1 aliphatic rings. The second-order valence-corrected chi connectivity index (χ2v) is 11.9. The van der Waals surface area contributed by atoms with E-state index in [1.165, 1.54) is 5.56 Å². The Morgan fingerprint density at radius 3 is 2.11 bits per heavy atom. The van der Waals surface area contributed by atoms with Crippen LogP contribution >= 0.6 is 0 Å². The van der Waals surface area contributed by atoms with Crippen molar-refractivity contribution in [3.63, 3.8) is 0 Å². The first-order chi connectivity index (χ1) is 23.3. The normalized spacial score (nSPS) is 14.3. The van der Waals surface area contributed by atoms with Gasteiger partial charge >= 0.3 is 0 Å². The Labute approximate surface area is 272 Å². The van der Waals surface area contributed by atoms with E-state index in [9.17, 15) is 0 Å². The summed E-state index contributed by atoms with van der Waals surface area (Å²) in [4.78, 5) is 15.6. The summed E-state index contributed by atoms with van der Waals surface area (Å²) in [5.41, 5.74) is 7.91. The van der Waals surface area contributed by atoms with E-state index in [1.807, 2.05) is 42.5 Å². The number of nitrogens with zero attached hydrogens (tertiary/aromatic N) is 3. The van der Waals surface area contributed by atoms with Gasteiger partial charge in [0.25, 0.3) is 0 Å². The molecule has 0 amide bonds. The third kappa shape index (κ3) is 4.82. The predicted octanol–water partition coefficient (Wildman–Crippen LogP) is 11.2. The number of hydrogen-bond acceptors (Lipinski definition) is 4. The van der Waals surface area contributed by atoms with Gasteiger partial charge in [-0.25, -0.2) is 15.0 Å². The summed E-state index contributed by atoms with van der Waals surface area (Å²) in [7, 11) is 0. The number of rotatable bonds is 5. The molecule has 4 nitrogen and oxygen atoms in total. The molecular formula is C43H29N3O. The molecule has 8 aromatic rings. The van der Waals surface area contributed by atoms with Crippen LogP contribution in [-0.4, -0.2) is 15.0 Å². The maximum Gasteiger partial charge on any atom is 0.165 e. The lowest BCUT2D eigenvalue weighted by molar-refractivity contribution is 0.669. The van der Waals surface area contributed by atoms with Crippen molar-refractivity contribution in [1.82, 2.24) is 15.0 Å². The molecule has 47 heavy (non-hydrogen) atoms. The van der Waals surface area contributed by atoms with Crippen molar-refractivity contribution in [2.45, 2.75) is 12.3 Å². The summed E-state index contributed by atoms with van der Waals surface area (Å²) < 4.78 is 6.41. The lowest BCUT2D eigenvalue weighted by atomic mass is 9.89. The molecule has 0 radical (unpaired) electrons. The molecule has 9 rings (SSSR count). The van der Waals surface area contributed by atoms with Crippen molar-refractivity contribution in [3.8, 4) is 45.3 Å². The van der Waals surface area contributed by atoms with Crippen LogP contribution in [0, 0.1) is 0 Å². The molecule has 6 aromatic carbocycles. The molecule has 0 fully saturated rings. The number of allylic oxidation sites excluding steroid dienone is 4. The lowest BCUT2D eigenvalue weighted by Gasteiger charge is -2.16. The molecule has 0 saturated carbocycles. The Morgan fingerprint density at radius 2 is 1.26 bits per heavy atom. The molecule has 1 atom stereocenters. The van der Waals surface area contributed by atoms with Crippen molar-refractivity contribution >= 4 is 32.7 Å². The number of para-hydroxylation sites is 1. The molecule has 222 valence electrons. The first kappa shape index (κ1) is 27.2. The van der Waals surface area contributed by atoms with Gasteiger partial charge in [-0.1, -0.05) is 140 Å². The van der Waals surface area contributed by atoms with Crippen LogP contribution in [0.4, 0.5) is 0 Å². The Hall–Kier alpha value is -6.13. The number of hydrogen-bond donors (Lipinski definition) is 0. The van der Waals surface area contributed by atoms with E-state index in [-0.39, 0.29) is 0 Å². The first-order valence-corrected chi connectivity index (χ1v) is 16.0. The minimum Gasteiger partial charge on any atom is -0.456 e. The molecule has 0 N–H and O–H groups in total. The van der Waals surface area contributed by atoms with Crippen LogP contribution < -0.4 is 0 Å². The first-order valence-electron chi connectivity index (χ1n) is 16.0. The summed E-state index contributed by atoms with van der Waals surface area (Å²) in [5, 5.41) is 4.26. The molecule has 2 heterocycles. The molecule has 1 aliphatic carbocycles. The maximum absolute atomic E-state index is 6.41. The highest BCUT2D eigenvalue weighted by atomic mass is 16.3. The maximum atomic E-state index is 6.41. The van der Waals surface area contributed by atoms with Gasteiger partial charge in [0.1, 0.15) is 11.2 Å². The van der Waals surface area contributed by atoms with Crippen LogP contribution in [0.15, 0.2) is 162 Å². The molecule has 0 aliphatic heterocycles. The summed E-state index contributed by atoms with van der Waals surface area (Å²) in [6, 6.07) is 46.2. The molecule has 0 bridgehead atoms. The van der Waals surface area contributed by atoms with Crippen molar-refractivity contribution in [2.75, 3.05) is 0 Å². The van der Waals surface area contributed by atoms with Gasteiger partial charge in [-0.15, -0.1) is 0 Å². The Balaban J connectivity index is 1.33. The largest absolute Gasteiger partial charge is 0.456 e. The third-order valence-corrected chi connectivity index (χ3v) is 9.10. The summed E-state index contributed by atoms with van der Waals surface area (Å²) in [5.74, 6) is 2.25. The third-order valence-electron chi connectivity index (χ3n) is 9.10.